The lowest BCUT2D eigenvalue weighted by Gasteiger charge is -2.17. The van der Waals surface area contributed by atoms with E-state index in [1.165, 1.54) is 6.20 Å². The summed E-state index contributed by atoms with van der Waals surface area (Å²) >= 11 is 0. The summed E-state index contributed by atoms with van der Waals surface area (Å²) in [5.41, 5.74) is 10.5. The van der Waals surface area contributed by atoms with E-state index in [1.54, 1.807) is 12.1 Å². The standard InChI is InChI=1S/C16H15N5/c1-9(2)16-10(3)21-12(7-18)5-14(16)13-4-11(6-17)20-8-15(13)19/h4-5,8-9H,19H2,1-3H3. The molecule has 0 aliphatic heterocycles. The molecule has 2 aromatic heterocycles. The van der Waals surface area contributed by atoms with Crippen LogP contribution >= 0.6 is 0 Å². The molecule has 0 unspecified atom stereocenters. The fourth-order valence-electron chi connectivity index (χ4n) is 2.45. The molecular formula is C16H15N5. The first-order chi connectivity index (χ1) is 9.97. The minimum atomic E-state index is 0.221. The van der Waals surface area contributed by atoms with E-state index < -0.39 is 0 Å². The molecular weight excluding hydrogens is 262 g/mol. The molecule has 0 spiro atoms. The summed E-state index contributed by atoms with van der Waals surface area (Å²) in [4.78, 5) is 8.24. The lowest BCUT2D eigenvalue weighted by atomic mass is 9.90. The average Bonchev–Trinajstić information content (AvgIpc) is 2.46. The molecule has 0 amide bonds. The van der Waals surface area contributed by atoms with E-state index in [0.717, 1.165) is 16.8 Å². The maximum Gasteiger partial charge on any atom is 0.141 e. The van der Waals surface area contributed by atoms with E-state index in [4.69, 9.17) is 16.3 Å². The van der Waals surface area contributed by atoms with E-state index in [0.29, 0.717) is 22.6 Å². The van der Waals surface area contributed by atoms with Crippen LogP contribution in [0.5, 0.6) is 0 Å². The molecule has 2 rings (SSSR count). The van der Waals surface area contributed by atoms with Crippen molar-refractivity contribution in [2.45, 2.75) is 26.7 Å². The van der Waals surface area contributed by atoms with Gasteiger partial charge in [-0.05, 0) is 36.1 Å². The van der Waals surface area contributed by atoms with Gasteiger partial charge >= 0.3 is 0 Å². The lowest BCUT2D eigenvalue weighted by molar-refractivity contribution is 0.844. The topological polar surface area (TPSA) is 99.4 Å². The predicted molar refractivity (Wildman–Crippen MR) is 80.1 cm³/mol. The second-order valence-corrected chi connectivity index (χ2v) is 5.09. The number of rotatable bonds is 2. The predicted octanol–water partition coefficient (Wildman–Crippen LogP) is 2.90. The van der Waals surface area contributed by atoms with Gasteiger partial charge in [0, 0.05) is 11.3 Å². The van der Waals surface area contributed by atoms with Crippen LogP contribution in [0.15, 0.2) is 18.3 Å². The monoisotopic (exact) mass is 277 g/mol. The highest BCUT2D eigenvalue weighted by atomic mass is 14.7. The van der Waals surface area contributed by atoms with Gasteiger partial charge in [-0.2, -0.15) is 10.5 Å². The Kier molecular flexibility index (Phi) is 3.86. The molecule has 0 aromatic carbocycles. The molecule has 0 saturated carbocycles. The third kappa shape index (κ3) is 2.68. The summed E-state index contributed by atoms with van der Waals surface area (Å²) in [6.07, 6.45) is 1.47. The number of aryl methyl sites for hydroxylation is 1. The van der Waals surface area contributed by atoms with E-state index >= 15 is 0 Å². The number of hydrogen-bond donors (Lipinski definition) is 1. The van der Waals surface area contributed by atoms with Gasteiger partial charge in [-0.25, -0.2) is 9.97 Å². The van der Waals surface area contributed by atoms with E-state index in [-0.39, 0.29) is 5.92 Å². The molecule has 0 radical (unpaired) electrons. The molecule has 0 saturated heterocycles. The molecule has 0 aliphatic carbocycles. The Morgan fingerprint density at radius 1 is 1.10 bits per heavy atom. The first-order valence-corrected chi connectivity index (χ1v) is 6.55. The Labute approximate surface area is 123 Å². The summed E-state index contributed by atoms with van der Waals surface area (Å²) in [6.45, 7) is 5.99. The molecule has 104 valence electrons. The number of nitrogens with two attached hydrogens (primary N) is 1. The van der Waals surface area contributed by atoms with Gasteiger partial charge in [0.15, 0.2) is 0 Å². The second kappa shape index (κ2) is 5.60. The molecule has 5 heteroatoms. The number of nitrogens with zero attached hydrogens (tertiary/aromatic N) is 4. The maximum absolute atomic E-state index is 9.12. The molecule has 5 nitrogen and oxygen atoms in total. The van der Waals surface area contributed by atoms with Crippen molar-refractivity contribution in [2.75, 3.05) is 5.73 Å². The molecule has 2 aromatic rings. The summed E-state index contributed by atoms with van der Waals surface area (Å²) in [5.74, 6) is 0.221. The highest BCUT2D eigenvalue weighted by Crippen LogP contribution is 2.34. The van der Waals surface area contributed by atoms with Gasteiger partial charge in [0.2, 0.25) is 0 Å². The van der Waals surface area contributed by atoms with Gasteiger partial charge in [0.1, 0.15) is 23.5 Å². The van der Waals surface area contributed by atoms with Gasteiger partial charge in [0.05, 0.1) is 11.9 Å². The minimum absolute atomic E-state index is 0.221. The minimum Gasteiger partial charge on any atom is -0.397 e. The number of nitriles is 2. The normalized spacial score (nSPS) is 10.2. The smallest absolute Gasteiger partial charge is 0.141 e. The zero-order valence-electron chi connectivity index (χ0n) is 12.2. The van der Waals surface area contributed by atoms with E-state index in [9.17, 15) is 0 Å². The van der Waals surface area contributed by atoms with Crippen LogP contribution in [0.1, 0.15) is 42.4 Å². The molecule has 2 N–H and O–H groups in total. The fraction of sp³-hybridized carbons (Fsp3) is 0.250. The lowest BCUT2D eigenvalue weighted by Crippen LogP contribution is -2.03. The first-order valence-electron chi connectivity index (χ1n) is 6.55. The van der Waals surface area contributed by atoms with Crippen LogP contribution in [0.2, 0.25) is 0 Å². The highest BCUT2D eigenvalue weighted by Gasteiger charge is 2.17. The molecule has 21 heavy (non-hydrogen) atoms. The SMILES string of the molecule is Cc1nc(C#N)cc(-c2cc(C#N)ncc2N)c1C(C)C. The molecule has 2 heterocycles. The number of nitrogen functional groups attached to an aromatic ring is 1. The maximum atomic E-state index is 9.12. The van der Waals surface area contributed by atoms with E-state index in [2.05, 4.69) is 29.9 Å². The van der Waals surface area contributed by atoms with Crippen molar-refractivity contribution in [1.82, 2.24) is 9.97 Å². The van der Waals surface area contributed by atoms with Crippen LogP contribution in [0.3, 0.4) is 0 Å². The number of anilines is 1. The van der Waals surface area contributed by atoms with Gasteiger partial charge in [-0.15, -0.1) is 0 Å². The summed E-state index contributed by atoms with van der Waals surface area (Å²) in [7, 11) is 0. The average molecular weight is 277 g/mol. The number of hydrogen-bond acceptors (Lipinski definition) is 5. The zero-order valence-corrected chi connectivity index (χ0v) is 12.2. The van der Waals surface area contributed by atoms with Crippen molar-refractivity contribution in [3.63, 3.8) is 0 Å². The summed E-state index contributed by atoms with van der Waals surface area (Å²) in [5, 5.41) is 18.1. The zero-order chi connectivity index (χ0) is 15.6. The highest BCUT2D eigenvalue weighted by molar-refractivity contribution is 5.80. The van der Waals surface area contributed by atoms with Crippen molar-refractivity contribution in [3.8, 4) is 23.3 Å². The molecule has 0 aliphatic rings. The third-order valence-electron chi connectivity index (χ3n) is 3.28. The van der Waals surface area contributed by atoms with Crippen molar-refractivity contribution in [2.24, 2.45) is 0 Å². The fourth-order valence-corrected chi connectivity index (χ4v) is 2.45. The van der Waals surface area contributed by atoms with Crippen LogP contribution in [-0.2, 0) is 0 Å². The first kappa shape index (κ1) is 14.5. The van der Waals surface area contributed by atoms with E-state index in [1.807, 2.05) is 13.0 Å². The summed E-state index contributed by atoms with van der Waals surface area (Å²) in [6, 6.07) is 7.44. The van der Waals surface area contributed by atoms with Crippen LogP contribution < -0.4 is 5.73 Å². The second-order valence-electron chi connectivity index (χ2n) is 5.09. The Balaban J connectivity index is 2.82. The quantitative estimate of drug-likeness (QED) is 0.909. The van der Waals surface area contributed by atoms with Crippen LogP contribution in [0, 0.1) is 29.6 Å². The van der Waals surface area contributed by atoms with Crippen molar-refractivity contribution < 1.29 is 0 Å². The van der Waals surface area contributed by atoms with Crippen LogP contribution in [0.25, 0.3) is 11.1 Å². The van der Waals surface area contributed by atoms with Crippen LogP contribution in [-0.4, -0.2) is 9.97 Å². The Morgan fingerprint density at radius 2 is 1.71 bits per heavy atom. The van der Waals surface area contributed by atoms with Gasteiger partial charge in [-0.3, -0.25) is 0 Å². The largest absolute Gasteiger partial charge is 0.397 e. The Hall–Kier alpha value is -2.92. The third-order valence-corrected chi connectivity index (χ3v) is 3.28. The van der Waals surface area contributed by atoms with Gasteiger partial charge < -0.3 is 5.73 Å². The van der Waals surface area contributed by atoms with Crippen molar-refractivity contribution in [1.29, 1.82) is 10.5 Å². The summed E-state index contributed by atoms with van der Waals surface area (Å²) < 4.78 is 0. The van der Waals surface area contributed by atoms with Crippen molar-refractivity contribution >= 4 is 5.69 Å². The number of aromatic nitrogens is 2. The molecule has 0 fully saturated rings. The van der Waals surface area contributed by atoms with Crippen molar-refractivity contribution in [3.05, 3.63) is 41.0 Å². The molecule has 0 atom stereocenters. The van der Waals surface area contributed by atoms with Crippen LogP contribution in [0.4, 0.5) is 5.69 Å². The number of pyridine rings is 2. The Bertz CT molecular complexity index is 778. The Morgan fingerprint density at radius 3 is 2.29 bits per heavy atom. The molecule has 0 bridgehead atoms. The van der Waals surface area contributed by atoms with Gasteiger partial charge in [0.25, 0.3) is 0 Å². The van der Waals surface area contributed by atoms with Gasteiger partial charge in [-0.1, -0.05) is 13.8 Å².